The van der Waals surface area contributed by atoms with Crippen LogP contribution in [0.25, 0.3) is 0 Å². The van der Waals surface area contributed by atoms with Gasteiger partial charge in [0.2, 0.25) is 0 Å². The molecule has 1 aromatic heterocycles. The lowest BCUT2D eigenvalue weighted by Gasteiger charge is -1.93. The minimum atomic E-state index is -5.08. The smallest absolute Gasteiger partial charge is 0.475 e. The molecule has 0 aliphatic heterocycles. The number of alkyl halides is 6. The highest BCUT2D eigenvalue weighted by molar-refractivity contribution is 5.83. The van der Waals surface area contributed by atoms with Gasteiger partial charge in [-0.25, -0.2) is 14.6 Å². The normalized spacial score (nSPS) is 18.8. The van der Waals surface area contributed by atoms with Gasteiger partial charge in [-0.2, -0.15) is 26.3 Å². The van der Waals surface area contributed by atoms with Gasteiger partial charge in [0, 0.05) is 18.0 Å². The first-order chi connectivity index (χ1) is 11.2. The Morgan fingerprint density at radius 1 is 1.16 bits per heavy atom. The molecule has 0 saturated heterocycles. The highest BCUT2D eigenvalue weighted by Gasteiger charge is 2.42. The zero-order valence-electron chi connectivity index (χ0n) is 12.0. The number of nitrogens with two attached hydrogens (primary N) is 1. The van der Waals surface area contributed by atoms with Crippen LogP contribution in [0.5, 0.6) is 0 Å². The second-order valence-corrected chi connectivity index (χ2v) is 4.50. The molecule has 0 unspecified atom stereocenters. The average molecular weight is 378 g/mol. The number of rotatable bonds is 2. The molecule has 142 valence electrons. The zero-order valence-corrected chi connectivity index (χ0v) is 12.0. The largest absolute Gasteiger partial charge is 0.490 e. The van der Waals surface area contributed by atoms with Crippen molar-refractivity contribution in [1.82, 2.24) is 9.97 Å². The standard InChI is InChI=1S/C7H10N4.2C2HF3O2/c8-7(9)5-1-4(5)6-2-10-3-11-6;2*3-2(4,5)1(6)7/h2-5H,1H2,(H3,8,9)(H,10,11);2*(H,6,7)/t4-,5-;;/m1../s1. The average Bonchev–Trinajstić information content (AvgIpc) is 3.05. The van der Waals surface area contributed by atoms with E-state index in [1.807, 2.05) is 6.20 Å². The third-order valence-corrected chi connectivity index (χ3v) is 2.57. The predicted octanol–water partition coefficient (Wildman–Crippen LogP) is 1.72. The molecule has 14 heteroatoms. The fourth-order valence-corrected chi connectivity index (χ4v) is 1.34. The Kier molecular flexibility index (Phi) is 7.41. The molecule has 1 aromatic rings. The monoisotopic (exact) mass is 378 g/mol. The van der Waals surface area contributed by atoms with E-state index >= 15 is 0 Å². The lowest BCUT2D eigenvalue weighted by Crippen LogP contribution is -2.21. The highest BCUT2D eigenvalue weighted by Crippen LogP contribution is 2.46. The predicted molar refractivity (Wildman–Crippen MR) is 68.7 cm³/mol. The van der Waals surface area contributed by atoms with E-state index < -0.39 is 24.3 Å². The quantitative estimate of drug-likeness (QED) is 0.300. The Bertz CT molecular complexity index is 575. The number of nitrogens with zero attached hydrogens (tertiary/aromatic N) is 1. The summed E-state index contributed by atoms with van der Waals surface area (Å²) in [6.07, 6.45) is -5.65. The maximum absolute atomic E-state index is 10.6. The summed E-state index contributed by atoms with van der Waals surface area (Å²) in [6, 6.07) is 0. The first kappa shape index (κ1) is 22.2. The summed E-state index contributed by atoms with van der Waals surface area (Å²) in [5.74, 6) is -4.57. The molecule has 6 N–H and O–H groups in total. The van der Waals surface area contributed by atoms with Crippen molar-refractivity contribution in [1.29, 1.82) is 5.41 Å². The van der Waals surface area contributed by atoms with E-state index in [2.05, 4.69) is 9.97 Å². The van der Waals surface area contributed by atoms with Crippen LogP contribution in [0.1, 0.15) is 18.0 Å². The lowest BCUT2D eigenvalue weighted by molar-refractivity contribution is -0.193. The molecule has 0 amide bonds. The van der Waals surface area contributed by atoms with Crippen LogP contribution in [-0.2, 0) is 9.59 Å². The van der Waals surface area contributed by atoms with Gasteiger partial charge in [0.15, 0.2) is 0 Å². The summed E-state index contributed by atoms with van der Waals surface area (Å²) in [6.45, 7) is 0. The Morgan fingerprint density at radius 2 is 1.56 bits per heavy atom. The van der Waals surface area contributed by atoms with E-state index in [1.54, 1.807) is 6.33 Å². The van der Waals surface area contributed by atoms with Crippen molar-refractivity contribution in [2.24, 2.45) is 11.7 Å². The van der Waals surface area contributed by atoms with Crippen LogP contribution < -0.4 is 5.73 Å². The third-order valence-electron chi connectivity index (χ3n) is 2.57. The summed E-state index contributed by atoms with van der Waals surface area (Å²) in [5.41, 5.74) is 6.37. The van der Waals surface area contributed by atoms with Crippen molar-refractivity contribution in [3.8, 4) is 0 Å². The number of halogens is 6. The summed E-state index contributed by atoms with van der Waals surface area (Å²) in [7, 11) is 0. The van der Waals surface area contributed by atoms with Crippen molar-refractivity contribution in [3.05, 3.63) is 18.2 Å². The van der Waals surface area contributed by atoms with Gasteiger partial charge in [0.1, 0.15) is 0 Å². The van der Waals surface area contributed by atoms with Crippen LogP contribution in [0.3, 0.4) is 0 Å². The molecular weight excluding hydrogens is 366 g/mol. The number of nitrogens with one attached hydrogen (secondary N) is 2. The van der Waals surface area contributed by atoms with Gasteiger partial charge in [0.25, 0.3) is 0 Å². The maximum Gasteiger partial charge on any atom is 0.490 e. The first-order valence-electron chi connectivity index (χ1n) is 6.10. The minimum absolute atomic E-state index is 0.248. The number of aliphatic carboxylic acids is 2. The molecule has 1 heterocycles. The number of hydrogen-bond donors (Lipinski definition) is 5. The molecule has 1 fully saturated rings. The topological polar surface area (TPSA) is 153 Å². The molecule has 0 spiro atoms. The van der Waals surface area contributed by atoms with Gasteiger partial charge >= 0.3 is 24.3 Å². The van der Waals surface area contributed by atoms with Crippen LogP contribution in [0.15, 0.2) is 12.5 Å². The van der Waals surface area contributed by atoms with Crippen LogP contribution in [-0.4, -0.2) is 50.3 Å². The van der Waals surface area contributed by atoms with Gasteiger partial charge in [0.05, 0.1) is 17.9 Å². The van der Waals surface area contributed by atoms with Gasteiger partial charge in [-0.3, -0.25) is 5.41 Å². The van der Waals surface area contributed by atoms with Crippen molar-refractivity contribution in [2.75, 3.05) is 0 Å². The number of carboxylic acid groups (broad SMARTS) is 2. The number of imidazole rings is 1. The molecule has 0 bridgehead atoms. The fourth-order valence-electron chi connectivity index (χ4n) is 1.34. The lowest BCUT2D eigenvalue weighted by atomic mass is 10.2. The summed E-state index contributed by atoms with van der Waals surface area (Å²) in [4.78, 5) is 24.8. The molecule has 0 radical (unpaired) electrons. The SMILES string of the molecule is N=C(N)[C@@H]1C[C@H]1c1c[nH]cn1.O=C(O)C(F)(F)F.O=C(O)C(F)(F)F. The molecular formula is C11H12F6N4O4. The van der Waals surface area contributed by atoms with Crippen molar-refractivity contribution in [3.63, 3.8) is 0 Å². The van der Waals surface area contributed by atoms with E-state index in [0.717, 1.165) is 12.1 Å². The van der Waals surface area contributed by atoms with Crippen LogP contribution in [0, 0.1) is 11.3 Å². The summed E-state index contributed by atoms with van der Waals surface area (Å²) >= 11 is 0. The van der Waals surface area contributed by atoms with Crippen molar-refractivity contribution >= 4 is 17.8 Å². The molecule has 2 rings (SSSR count). The molecule has 0 aromatic carbocycles. The van der Waals surface area contributed by atoms with E-state index in [-0.39, 0.29) is 11.8 Å². The van der Waals surface area contributed by atoms with Crippen LogP contribution >= 0.6 is 0 Å². The number of carboxylic acids is 2. The molecule has 25 heavy (non-hydrogen) atoms. The summed E-state index contributed by atoms with van der Waals surface area (Å²) < 4.78 is 63.5. The molecule has 1 saturated carbocycles. The van der Waals surface area contributed by atoms with Crippen LogP contribution in [0.4, 0.5) is 26.3 Å². The number of aromatic amines is 1. The van der Waals surface area contributed by atoms with E-state index in [0.29, 0.717) is 5.92 Å². The first-order valence-corrected chi connectivity index (χ1v) is 6.10. The number of hydrogen-bond acceptors (Lipinski definition) is 4. The van der Waals surface area contributed by atoms with Crippen molar-refractivity contribution < 1.29 is 46.1 Å². The zero-order chi connectivity index (χ0) is 20.0. The Balaban J connectivity index is 0.000000366. The van der Waals surface area contributed by atoms with Gasteiger partial charge in [-0.15, -0.1) is 0 Å². The van der Waals surface area contributed by atoms with Gasteiger partial charge in [-0.1, -0.05) is 0 Å². The van der Waals surface area contributed by atoms with E-state index in [9.17, 15) is 26.3 Å². The Morgan fingerprint density at radius 3 is 1.76 bits per heavy atom. The number of amidine groups is 1. The van der Waals surface area contributed by atoms with Crippen LogP contribution in [0.2, 0.25) is 0 Å². The number of carbonyl (C=O) groups is 2. The second-order valence-electron chi connectivity index (χ2n) is 4.50. The third kappa shape index (κ3) is 8.57. The van der Waals surface area contributed by atoms with Gasteiger partial charge < -0.3 is 20.9 Å². The van der Waals surface area contributed by atoms with E-state index in [1.165, 1.54) is 0 Å². The molecule has 2 atom stereocenters. The molecule has 8 nitrogen and oxygen atoms in total. The number of aromatic nitrogens is 2. The Labute approximate surface area is 135 Å². The fraction of sp³-hybridized carbons (Fsp3) is 0.455. The molecule has 1 aliphatic carbocycles. The number of H-pyrrole nitrogens is 1. The van der Waals surface area contributed by atoms with E-state index in [4.69, 9.17) is 30.9 Å². The summed E-state index contributed by atoms with van der Waals surface area (Å²) in [5, 5.41) is 21.4. The van der Waals surface area contributed by atoms with Crippen molar-refractivity contribution in [2.45, 2.75) is 24.7 Å². The second kappa shape index (κ2) is 8.34. The minimum Gasteiger partial charge on any atom is -0.475 e. The highest BCUT2D eigenvalue weighted by atomic mass is 19.4. The molecule has 1 aliphatic rings. The maximum atomic E-state index is 10.6. The van der Waals surface area contributed by atoms with Gasteiger partial charge in [-0.05, 0) is 6.42 Å². The Hall–Kier alpha value is -2.80.